The maximum atomic E-state index is 11.8. The van der Waals surface area contributed by atoms with Gasteiger partial charge in [-0.3, -0.25) is 5.32 Å². The van der Waals surface area contributed by atoms with Gasteiger partial charge in [-0.1, -0.05) is 31.0 Å². The van der Waals surface area contributed by atoms with E-state index in [4.69, 9.17) is 16.3 Å². The summed E-state index contributed by atoms with van der Waals surface area (Å²) in [5, 5.41) is 3.30. The van der Waals surface area contributed by atoms with Crippen molar-refractivity contribution in [2.24, 2.45) is 5.92 Å². The van der Waals surface area contributed by atoms with Crippen molar-refractivity contribution in [2.45, 2.75) is 38.7 Å². The smallest absolute Gasteiger partial charge is 0.411 e. The van der Waals surface area contributed by atoms with Crippen LogP contribution in [0.25, 0.3) is 0 Å². The van der Waals surface area contributed by atoms with Crippen molar-refractivity contribution >= 4 is 23.4 Å². The average molecular weight is 268 g/mol. The molecule has 1 aliphatic rings. The van der Waals surface area contributed by atoms with Crippen LogP contribution >= 0.6 is 11.6 Å². The van der Waals surface area contributed by atoms with Crippen LogP contribution in [0, 0.1) is 5.92 Å². The average Bonchev–Trinajstić information content (AvgIpc) is 2.32. The molecule has 1 saturated carbocycles. The first-order valence-corrected chi connectivity index (χ1v) is 6.76. The van der Waals surface area contributed by atoms with Gasteiger partial charge in [-0.05, 0) is 43.4 Å². The predicted octanol–water partition coefficient (Wildman–Crippen LogP) is 4.47. The van der Waals surface area contributed by atoms with E-state index in [9.17, 15) is 4.79 Å². The van der Waals surface area contributed by atoms with E-state index in [-0.39, 0.29) is 6.10 Å². The van der Waals surface area contributed by atoms with Crippen molar-refractivity contribution in [3.05, 3.63) is 29.3 Å². The summed E-state index contributed by atoms with van der Waals surface area (Å²) >= 11 is 5.85. The molecule has 0 spiro atoms. The molecule has 3 nitrogen and oxygen atoms in total. The van der Waals surface area contributed by atoms with E-state index in [1.807, 2.05) is 0 Å². The van der Waals surface area contributed by atoms with Gasteiger partial charge >= 0.3 is 6.09 Å². The molecule has 1 N–H and O–H groups in total. The fourth-order valence-corrected chi connectivity index (χ4v) is 2.50. The van der Waals surface area contributed by atoms with Gasteiger partial charge in [0.05, 0.1) is 0 Å². The number of amides is 1. The quantitative estimate of drug-likeness (QED) is 0.859. The van der Waals surface area contributed by atoms with Gasteiger partial charge in [0.15, 0.2) is 0 Å². The van der Waals surface area contributed by atoms with Gasteiger partial charge < -0.3 is 4.74 Å². The molecule has 0 heterocycles. The zero-order valence-corrected chi connectivity index (χ0v) is 11.2. The SMILES string of the molecule is CC1CCCCC1OC(=O)Nc1cccc(Cl)c1. The lowest BCUT2D eigenvalue weighted by Gasteiger charge is -2.28. The summed E-state index contributed by atoms with van der Waals surface area (Å²) in [7, 11) is 0. The molecular weight excluding hydrogens is 250 g/mol. The Morgan fingerprint density at radius 3 is 2.89 bits per heavy atom. The molecule has 98 valence electrons. The summed E-state index contributed by atoms with van der Waals surface area (Å²) in [5.74, 6) is 0.448. The van der Waals surface area contributed by atoms with E-state index in [1.54, 1.807) is 24.3 Å². The summed E-state index contributed by atoms with van der Waals surface area (Å²) < 4.78 is 5.45. The Labute approximate surface area is 112 Å². The van der Waals surface area contributed by atoms with Crippen molar-refractivity contribution in [3.63, 3.8) is 0 Å². The van der Waals surface area contributed by atoms with E-state index < -0.39 is 6.09 Å². The second-order valence-corrected chi connectivity index (χ2v) is 5.28. The molecule has 1 aliphatic carbocycles. The van der Waals surface area contributed by atoms with Gasteiger partial charge in [0.2, 0.25) is 0 Å². The Morgan fingerprint density at radius 2 is 2.17 bits per heavy atom. The van der Waals surface area contributed by atoms with Crippen molar-refractivity contribution in [1.82, 2.24) is 0 Å². The number of anilines is 1. The highest BCUT2D eigenvalue weighted by Gasteiger charge is 2.24. The number of carbonyl (C=O) groups is 1. The monoisotopic (exact) mass is 267 g/mol. The lowest BCUT2D eigenvalue weighted by molar-refractivity contribution is 0.0524. The number of ether oxygens (including phenoxy) is 1. The number of hydrogen-bond donors (Lipinski definition) is 1. The maximum Gasteiger partial charge on any atom is 0.411 e. The third kappa shape index (κ3) is 3.64. The largest absolute Gasteiger partial charge is 0.446 e. The molecule has 0 bridgehead atoms. The van der Waals surface area contributed by atoms with Crippen LogP contribution in [0.3, 0.4) is 0 Å². The van der Waals surface area contributed by atoms with Crippen LogP contribution in [-0.4, -0.2) is 12.2 Å². The second-order valence-electron chi connectivity index (χ2n) is 4.84. The minimum atomic E-state index is -0.393. The lowest BCUT2D eigenvalue weighted by atomic mass is 9.88. The summed E-state index contributed by atoms with van der Waals surface area (Å²) in [6.07, 6.45) is 4.12. The Balaban J connectivity index is 1.88. The van der Waals surface area contributed by atoms with Crippen LogP contribution in [0.4, 0.5) is 10.5 Å². The second kappa shape index (κ2) is 6.10. The van der Waals surface area contributed by atoms with Crippen LogP contribution in [-0.2, 0) is 4.74 Å². The van der Waals surface area contributed by atoms with E-state index in [0.717, 1.165) is 19.3 Å². The predicted molar refractivity (Wildman–Crippen MR) is 73.0 cm³/mol. The van der Waals surface area contributed by atoms with Gasteiger partial charge in [0.25, 0.3) is 0 Å². The molecule has 0 aliphatic heterocycles. The van der Waals surface area contributed by atoms with Crippen molar-refractivity contribution < 1.29 is 9.53 Å². The number of nitrogens with one attached hydrogen (secondary N) is 1. The van der Waals surface area contributed by atoms with Gasteiger partial charge in [-0.25, -0.2) is 4.79 Å². The Morgan fingerprint density at radius 1 is 1.39 bits per heavy atom. The van der Waals surface area contributed by atoms with Crippen LogP contribution in [0.5, 0.6) is 0 Å². The zero-order valence-electron chi connectivity index (χ0n) is 10.5. The van der Waals surface area contributed by atoms with Gasteiger partial charge in [-0.15, -0.1) is 0 Å². The van der Waals surface area contributed by atoms with Gasteiger partial charge in [0, 0.05) is 10.7 Å². The first-order chi connectivity index (χ1) is 8.65. The Hall–Kier alpha value is -1.22. The molecule has 0 aromatic heterocycles. The molecule has 1 amide bonds. The van der Waals surface area contributed by atoms with Crippen LogP contribution in [0.15, 0.2) is 24.3 Å². The Bertz CT molecular complexity index is 422. The number of carbonyl (C=O) groups excluding carboxylic acids is 1. The van der Waals surface area contributed by atoms with Gasteiger partial charge in [-0.2, -0.15) is 0 Å². The molecule has 1 fully saturated rings. The van der Waals surface area contributed by atoms with Crippen LogP contribution in [0.2, 0.25) is 5.02 Å². The highest BCUT2D eigenvalue weighted by Crippen LogP contribution is 2.26. The fraction of sp³-hybridized carbons (Fsp3) is 0.500. The van der Waals surface area contributed by atoms with Gasteiger partial charge in [0.1, 0.15) is 6.10 Å². The number of benzene rings is 1. The maximum absolute atomic E-state index is 11.8. The van der Waals surface area contributed by atoms with Crippen molar-refractivity contribution in [3.8, 4) is 0 Å². The van der Waals surface area contributed by atoms with Crippen LogP contribution in [0.1, 0.15) is 32.6 Å². The third-order valence-electron chi connectivity index (χ3n) is 3.36. The number of rotatable bonds is 2. The summed E-state index contributed by atoms with van der Waals surface area (Å²) in [5.41, 5.74) is 0.663. The topological polar surface area (TPSA) is 38.3 Å². The molecule has 4 heteroatoms. The Kier molecular flexibility index (Phi) is 4.48. The molecule has 0 radical (unpaired) electrons. The van der Waals surface area contributed by atoms with E-state index >= 15 is 0 Å². The minimum absolute atomic E-state index is 0.0398. The molecule has 2 rings (SSSR count). The van der Waals surface area contributed by atoms with E-state index in [2.05, 4.69) is 12.2 Å². The van der Waals surface area contributed by atoms with Crippen molar-refractivity contribution in [1.29, 1.82) is 0 Å². The van der Waals surface area contributed by atoms with Crippen molar-refractivity contribution in [2.75, 3.05) is 5.32 Å². The highest BCUT2D eigenvalue weighted by molar-refractivity contribution is 6.30. The molecule has 18 heavy (non-hydrogen) atoms. The number of halogens is 1. The highest BCUT2D eigenvalue weighted by atomic mass is 35.5. The van der Waals surface area contributed by atoms with E-state index in [1.165, 1.54) is 6.42 Å². The molecule has 1 aromatic rings. The van der Waals surface area contributed by atoms with E-state index in [0.29, 0.717) is 16.6 Å². The lowest BCUT2D eigenvalue weighted by Crippen LogP contribution is -2.30. The summed E-state index contributed by atoms with van der Waals surface area (Å²) in [4.78, 5) is 11.8. The number of hydrogen-bond acceptors (Lipinski definition) is 2. The zero-order chi connectivity index (χ0) is 13.0. The third-order valence-corrected chi connectivity index (χ3v) is 3.60. The standard InChI is InChI=1S/C14H18ClNO2/c1-10-5-2-3-8-13(10)18-14(17)16-12-7-4-6-11(15)9-12/h4,6-7,9-10,13H,2-3,5,8H2,1H3,(H,16,17). The molecule has 2 unspecified atom stereocenters. The first kappa shape index (κ1) is 13.2. The fourth-order valence-electron chi connectivity index (χ4n) is 2.31. The summed E-state index contributed by atoms with van der Waals surface area (Å²) in [6.45, 7) is 2.14. The molecule has 0 saturated heterocycles. The minimum Gasteiger partial charge on any atom is -0.446 e. The first-order valence-electron chi connectivity index (χ1n) is 6.38. The molecule has 2 atom stereocenters. The molecular formula is C14H18ClNO2. The molecule has 1 aromatic carbocycles. The van der Waals surface area contributed by atoms with Crippen LogP contribution < -0.4 is 5.32 Å². The normalized spacial score (nSPS) is 23.4. The summed E-state index contributed by atoms with van der Waals surface area (Å²) in [6, 6.07) is 7.05.